The predicted molar refractivity (Wildman–Crippen MR) is 68.7 cm³/mol. The van der Waals surface area contributed by atoms with Crippen molar-refractivity contribution in [2.75, 3.05) is 33.4 Å². The third-order valence-electron chi connectivity index (χ3n) is 2.92. The van der Waals surface area contributed by atoms with Gasteiger partial charge >= 0.3 is 0 Å². The fraction of sp³-hybridized carbons (Fsp3) is 0.818. The van der Waals surface area contributed by atoms with Crippen LogP contribution in [0, 0.1) is 0 Å². The van der Waals surface area contributed by atoms with Crippen LogP contribution in [0.2, 0.25) is 0 Å². The summed E-state index contributed by atoms with van der Waals surface area (Å²) in [5, 5.41) is 5.94. The number of likely N-dealkylation sites (N-methyl/N-ethyl adjacent to an activating group) is 1. The van der Waals surface area contributed by atoms with E-state index in [-0.39, 0.29) is 36.8 Å². The Morgan fingerprint density at radius 1 is 1.44 bits per heavy atom. The molecule has 1 saturated carbocycles. The van der Waals surface area contributed by atoms with Crippen LogP contribution in [-0.4, -0.2) is 62.1 Å². The van der Waals surface area contributed by atoms with Crippen molar-refractivity contribution in [1.82, 2.24) is 15.5 Å². The maximum absolute atomic E-state index is 11.9. The summed E-state index contributed by atoms with van der Waals surface area (Å²) >= 11 is 0. The van der Waals surface area contributed by atoms with E-state index in [1.165, 1.54) is 4.90 Å². The van der Waals surface area contributed by atoms with E-state index in [9.17, 15) is 9.59 Å². The Hall–Kier alpha value is -0.850. The van der Waals surface area contributed by atoms with Crippen LogP contribution in [-0.2, 0) is 14.3 Å². The van der Waals surface area contributed by atoms with Crippen LogP contribution in [0.15, 0.2) is 0 Å². The van der Waals surface area contributed by atoms with Crippen LogP contribution < -0.4 is 10.6 Å². The van der Waals surface area contributed by atoms with Gasteiger partial charge < -0.3 is 20.3 Å². The first-order chi connectivity index (χ1) is 8.16. The third-order valence-corrected chi connectivity index (χ3v) is 2.92. The first kappa shape index (κ1) is 15.2. The molecule has 1 aliphatic heterocycles. The van der Waals surface area contributed by atoms with Gasteiger partial charge in [-0.05, 0) is 12.8 Å². The number of rotatable bonds is 4. The third kappa shape index (κ3) is 4.44. The molecule has 0 aromatic rings. The summed E-state index contributed by atoms with van der Waals surface area (Å²) in [6, 6.07) is 0.0182. The van der Waals surface area contributed by atoms with Gasteiger partial charge in [-0.2, -0.15) is 0 Å². The second kappa shape index (κ2) is 6.92. The Kier molecular flexibility index (Phi) is 5.84. The lowest BCUT2D eigenvalue weighted by Crippen LogP contribution is -2.53. The number of morpholine rings is 1. The standard InChI is InChI=1S/C11H19N3O3.ClH/c1-14(6-10(15)13-8-2-3-8)11(16)9-7-17-5-4-12-9;/h8-9,12H,2-7H2,1H3,(H,13,15);1H. The molecule has 1 saturated heterocycles. The molecule has 6 nitrogen and oxygen atoms in total. The Morgan fingerprint density at radius 3 is 2.72 bits per heavy atom. The van der Waals surface area contributed by atoms with Gasteiger partial charge in [0.25, 0.3) is 0 Å². The van der Waals surface area contributed by atoms with Crippen molar-refractivity contribution in [2.24, 2.45) is 0 Å². The molecule has 0 aromatic carbocycles. The zero-order valence-electron chi connectivity index (χ0n) is 10.5. The van der Waals surface area contributed by atoms with Crippen LogP contribution in [0.25, 0.3) is 0 Å². The maximum atomic E-state index is 11.9. The van der Waals surface area contributed by atoms with Crippen molar-refractivity contribution < 1.29 is 14.3 Å². The van der Waals surface area contributed by atoms with Gasteiger partial charge in [-0.25, -0.2) is 0 Å². The molecule has 0 aromatic heterocycles. The molecule has 0 radical (unpaired) electrons. The Morgan fingerprint density at radius 2 is 2.17 bits per heavy atom. The highest BCUT2D eigenvalue weighted by atomic mass is 35.5. The first-order valence-corrected chi connectivity index (χ1v) is 6.02. The Labute approximate surface area is 113 Å². The second-order valence-corrected chi connectivity index (χ2v) is 4.62. The number of hydrogen-bond acceptors (Lipinski definition) is 4. The SMILES string of the molecule is CN(CC(=O)NC1CC1)C(=O)C1COCCN1.Cl. The fourth-order valence-corrected chi connectivity index (χ4v) is 1.78. The van der Waals surface area contributed by atoms with E-state index in [2.05, 4.69) is 10.6 Å². The van der Waals surface area contributed by atoms with Crippen molar-refractivity contribution in [3.05, 3.63) is 0 Å². The highest BCUT2D eigenvalue weighted by molar-refractivity contribution is 5.87. The highest BCUT2D eigenvalue weighted by Crippen LogP contribution is 2.18. The Bertz CT molecular complexity index is 304. The van der Waals surface area contributed by atoms with Gasteiger partial charge in [0.1, 0.15) is 6.04 Å². The van der Waals surface area contributed by atoms with E-state index in [0.717, 1.165) is 12.8 Å². The van der Waals surface area contributed by atoms with Crippen LogP contribution in [0.4, 0.5) is 0 Å². The van der Waals surface area contributed by atoms with Gasteiger partial charge in [0, 0.05) is 19.6 Å². The summed E-state index contributed by atoms with van der Waals surface area (Å²) in [6.45, 7) is 1.81. The van der Waals surface area contributed by atoms with Crippen molar-refractivity contribution in [3.63, 3.8) is 0 Å². The molecule has 2 fully saturated rings. The maximum Gasteiger partial charge on any atom is 0.242 e. The van der Waals surface area contributed by atoms with Gasteiger partial charge in [0.15, 0.2) is 0 Å². The van der Waals surface area contributed by atoms with E-state index in [0.29, 0.717) is 25.8 Å². The van der Waals surface area contributed by atoms with E-state index >= 15 is 0 Å². The number of ether oxygens (including phenoxy) is 1. The number of amides is 2. The van der Waals surface area contributed by atoms with Crippen LogP contribution >= 0.6 is 12.4 Å². The molecule has 104 valence electrons. The number of nitrogens with zero attached hydrogens (tertiary/aromatic N) is 1. The largest absolute Gasteiger partial charge is 0.378 e. The quantitative estimate of drug-likeness (QED) is 0.701. The minimum atomic E-state index is -0.317. The number of carbonyl (C=O) groups is 2. The average Bonchev–Trinajstić information content (AvgIpc) is 3.12. The van der Waals surface area contributed by atoms with Crippen LogP contribution in [0.5, 0.6) is 0 Å². The molecular formula is C11H20ClN3O3. The summed E-state index contributed by atoms with van der Waals surface area (Å²) in [7, 11) is 1.64. The predicted octanol–water partition coefficient (Wildman–Crippen LogP) is -0.866. The van der Waals surface area contributed by atoms with Gasteiger partial charge in [-0.15, -0.1) is 12.4 Å². The van der Waals surface area contributed by atoms with Crippen molar-refractivity contribution in [3.8, 4) is 0 Å². The second-order valence-electron chi connectivity index (χ2n) is 4.62. The number of nitrogens with one attached hydrogen (secondary N) is 2. The lowest BCUT2D eigenvalue weighted by Gasteiger charge is -2.27. The zero-order valence-corrected chi connectivity index (χ0v) is 11.3. The molecule has 1 unspecified atom stereocenters. The normalized spacial score (nSPS) is 22.8. The minimum absolute atomic E-state index is 0. The van der Waals surface area contributed by atoms with Gasteiger partial charge in [-0.1, -0.05) is 0 Å². The summed E-state index contributed by atoms with van der Waals surface area (Å²) in [4.78, 5) is 24.9. The van der Waals surface area contributed by atoms with Crippen LogP contribution in [0.3, 0.4) is 0 Å². The molecule has 1 atom stereocenters. The summed E-state index contributed by atoms with van der Waals surface area (Å²) in [5.74, 6) is -0.171. The number of hydrogen-bond donors (Lipinski definition) is 2. The molecule has 2 rings (SSSR count). The van der Waals surface area contributed by atoms with Crippen LogP contribution in [0.1, 0.15) is 12.8 Å². The van der Waals surface area contributed by atoms with Gasteiger partial charge in [0.05, 0.1) is 19.8 Å². The van der Waals surface area contributed by atoms with Gasteiger partial charge in [0.2, 0.25) is 11.8 Å². The number of halogens is 1. The zero-order chi connectivity index (χ0) is 12.3. The average molecular weight is 278 g/mol. The molecule has 2 amide bonds. The summed E-state index contributed by atoms with van der Waals surface area (Å²) in [5.41, 5.74) is 0. The molecule has 2 aliphatic rings. The molecule has 18 heavy (non-hydrogen) atoms. The lowest BCUT2D eigenvalue weighted by atomic mass is 10.2. The monoisotopic (exact) mass is 277 g/mol. The minimum Gasteiger partial charge on any atom is -0.378 e. The Balaban J connectivity index is 0.00000162. The van der Waals surface area contributed by atoms with E-state index < -0.39 is 0 Å². The van der Waals surface area contributed by atoms with E-state index in [1.54, 1.807) is 7.05 Å². The molecule has 0 spiro atoms. The summed E-state index contributed by atoms with van der Waals surface area (Å²) < 4.78 is 5.22. The van der Waals surface area contributed by atoms with E-state index in [1.807, 2.05) is 0 Å². The molecule has 1 heterocycles. The molecule has 7 heteroatoms. The molecule has 1 aliphatic carbocycles. The van der Waals surface area contributed by atoms with Crippen molar-refractivity contribution in [1.29, 1.82) is 0 Å². The first-order valence-electron chi connectivity index (χ1n) is 6.02. The highest BCUT2D eigenvalue weighted by Gasteiger charge is 2.27. The van der Waals surface area contributed by atoms with Crippen molar-refractivity contribution in [2.45, 2.75) is 24.9 Å². The molecular weight excluding hydrogens is 258 g/mol. The van der Waals surface area contributed by atoms with Crippen molar-refractivity contribution >= 4 is 24.2 Å². The van der Waals surface area contributed by atoms with Gasteiger partial charge in [-0.3, -0.25) is 9.59 Å². The topological polar surface area (TPSA) is 70.7 Å². The summed E-state index contributed by atoms with van der Waals surface area (Å²) in [6.07, 6.45) is 2.11. The molecule has 0 bridgehead atoms. The fourth-order valence-electron chi connectivity index (χ4n) is 1.78. The molecule has 2 N–H and O–H groups in total. The van der Waals surface area contributed by atoms with E-state index in [4.69, 9.17) is 4.74 Å². The lowest BCUT2D eigenvalue weighted by molar-refractivity contribution is -0.138. The smallest absolute Gasteiger partial charge is 0.242 e. The number of carbonyl (C=O) groups excluding carboxylic acids is 2.